The molecule has 0 aliphatic rings. The second-order valence-corrected chi connectivity index (χ2v) is 2.04. The third kappa shape index (κ3) is 2.39. The monoisotopic (exact) mass is 149 g/mol. The van der Waals surface area contributed by atoms with Crippen LogP contribution in [-0.2, 0) is 4.79 Å². The van der Waals surface area contributed by atoms with E-state index in [2.05, 4.69) is 11.4 Å². The molecule has 11 heavy (non-hydrogen) atoms. The van der Waals surface area contributed by atoms with Crippen LogP contribution in [0.2, 0.25) is 0 Å². The topological polar surface area (TPSA) is 55.1 Å². The van der Waals surface area contributed by atoms with Gasteiger partial charge in [0.25, 0.3) is 0 Å². The summed E-state index contributed by atoms with van der Waals surface area (Å²) in [5, 5.41) is 2.61. The first-order chi connectivity index (χ1) is 5.33. The van der Waals surface area contributed by atoms with Crippen LogP contribution < -0.4 is 11.1 Å². The minimum atomic E-state index is -0.184. The highest BCUT2D eigenvalue weighted by molar-refractivity contribution is 5.91. The summed E-state index contributed by atoms with van der Waals surface area (Å²) in [7, 11) is 0. The van der Waals surface area contributed by atoms with Crippen LogP contribution >= 0.6 is 0 Å². The van der Waals surface area contributed by atoms with E-state index >= 15 is 0 Å². The number of anilines is 1. The van der Waals surface area contributed by atoms with Crippen molar-refractivity contribution in [1.29, 1.82) is 0 Å². The van der Waals surface area contributed by atoms with E-state index in [0.717, 1.165) is 5.69 Å². The Hall–Kier alpha value is -1.35. The third-order valence-electron chi connectivity index (χ3n) is 1.19. The number of rotatable bonds is 2. The van der Waals surface area contributed by atoms with Crippen molar-refractivity contribution >= 4 is 11.6 Å². The summed E-state index contributed by atoms with van der Waals surface area (Å²) in [5.74, 6) is -0.184. The zero-order valence-corrected chi connectivity index (χ0v) is 6.00. The fourth-order valence-electron chi connectivity index (χ4n) is 0.682. The molecule has 3 nitrogen and oxygen atoms in total. The van der Waals surface area contributed by atoms with Crippen LogP contribution in [0.3, 0.4) is 0 Å². The van der Waals surface area contributed by atoms with E-state index in [1.807, 2.05) is 0 Å². The van der Waals surface area contributed by atoms with Gasteiger partial charge in [0.15, 0.2) is 0 Å². The lowest BCUT2D eigenvalue weighted by Crippen LogP contribution is -2.21. The van der Waals surface area contributed by atoms with Crippen molar-refractivity contribution in [3.05, 3.63) is 30.3 Å². The van der Waals surface area contributed by atoms with Gasteiger partial charge in [-0.3, -0.25) is 4.79 Å². The molecular formula is C8H9N2O. The predicted octanol–water partition coefficient (Wildman–Crippen LogP) is 0.384. The van der Waals surface area contributed by atoms with E-state index in [4.69, 9.17) is 5.73 Å². The van der Waals surface area contributed by atoms with Crippen molar-refractivity contribution in [2.24, 2.45) is 5.73 Å². The molecule has 57 valence electrons. The fraction of sp³-hybridized carbons (Fsp3) is 0.125. The number of nitrogens with two attached hydrogens (primary N) is 1. The van der Waals surface area contributed by atoms with Crippen molar-refractivity contribution in [1.82, 2.24) is 0 Å². The van der Waals surface area contributed by atoms with Crippen LogP contribution in [0, 0.1) is 6.07 Å². The first kappa shape index (κ1) is 7.75. The maximum absolute atomic E-state index is 10.7. The Morgan fingerprint density at radius 1 is 1.55 bits per heavy atom. The van der Waals surface area contributed by atoms with E-state index in [1.165, 1.54) is 0 Å². The minimum Gasteiger partial charge on any atom is -0.325 e. The molecule has 0 saturated carbocycles. The van der Waals surface area contributed by atoms with Crippen LogP contribution in [-0.4, -0.2) is 12.5 Å². The van der Waals surface area contributed by atoms with Crippen LogP contribution in [0.1, 0.15) is 0 Å². The summed E-state index contributed by atoms with van der Waals surface area (Å²) >= 11 is 0. The lowest BCUT2D eigenvalue weighted by atomic mass is 10.3. The van der Waals surface area contributed by atoms with Crippen molar-refractivity contribution in [3.8, 4) is 0 Å². The van der Waals surface area contributed by atoms with Gasteiger partial charge >= 0.3 is 0 Å². The van der Waals surface area contributed by atoms with Gasteiger partial charge in [-0.05, 0) is 18.2 Å². The van der Waals surface area contributed by atoms with E-state index in [0.29, 0.717) is 0 Å². The molecule has 0 aromatic heterocycles. The highest BCUT2D eigenvalue weighted by Gasteiger charge is 1.95. The number of hydrogen-bond acceptors (Lipinski definition) is 2. The molecule has 1 rings (SSSR count). The molecule has 3 N–H and O–H groups in total. The maximum atomic E-state index is 10.7. The van der Waals surface area contributed by atoms with Crippen LogP contribution in [0.25, 0.3) is 0 Å². The van der Waals surface area contributed by atoms with Crippen molar-refractivity contribution in [2.75, 3.05) is 11.9 Å². The lowest BCUT2D eigenvalue weighted by molar-refractivity contribution is -0.114. The summed E-state index contributed by atoms with van der Waals surface area (Å²) in [5.41, 5.74) is 5.85. The molecule has 0 unspecified atom stereocenters. The third-order valence-corrected chi connectivity index (χ3v) is 1.19. The summed E-state index contributed by atoms with van der Waals surface area (Å²) in [6.45, 7) is 0.0125. The van der Waals surface area contributed by atoms with E-state index < -0.39 is 0 Å². The Bertz CT molecular complexity index is 233. The second-order valence-electron chi connectivity index (χ2n) is 2.04. The molecule has 0 aliphatic carbocycles. The van der Waals surface area contributed by atoms with Gasteiger partial charge in [-0.25, -0.2) is 0 Å². The van der Waals surface area contributed by atoms with Gasteiger partial charge in [0, 0.05) is 5.69 Å². The standard InChI is InChI=1S/C8H9N2O/c9-6-8(11)10-7-4-2-1-3-5-7/h2-5H,6,9H2,(H,10,11). The highest BCUT2D eigenvalue weighted by Crippen LogP contribution is 2.03. The van der Waals surface area contributed by atoms with E-state index in [9.17, 15) is 4.79 Å². The van der Waals surface area contributed by atoms with Gasteiger partial charge in [0.1, 0.15) is 0 Å². The fourth-order valence-corrected chi connectivity index (χ4v) is 0.682. The summed E-state index contributed by atoms with van der Waals surface area (Å²) < 4.78 is 0. The number of hydrogen-bond donors (Lipinski definition) is 2. The average Bonchev–Trinajstić information content (AvgIpc) is 2.06. The number of nitrogens with one attached hydrogen (secondary N) is 1. The number of amides is 1. The highest BCUT2D eigenvalue weighted by atomic mass is 16.1. The normalized spacial score (nSPS) is 9.18. The average molecular weight is 149 g/mol. The largest absolute Gasteiger partial charge is 0.325 e. The molecule has 0 heterocycles. The molecule has 0 bridgehead atoms. The Balaban J connectivity index is 2.58. The van der Waals surface area contributed by atoms with Gasteiger partial charge < -0.3 is 11.1 Å². The maximum Gasteiger partial charge on any atom is 0.238 e. The molecule has 3 heteroatoms. The quantitative estimate of drug-likeness (QED) is 0.638. The Morgan fingerprint density at radius 2 is 2.18 bits per heavy atom. The summed E-state index contributed by atoms with van der Waals surface area (Å²) in [6, 6.07) is 9.81. The Labute approximate surface area is 65.2 Å². The zero-order chi connectivity index (χ0) is 8.10. The molecule has 0 atom stereocenters. The van der Waals surface area contributed by atoms with Gasteiger partial charge in [-0.2, -0.15) is 0 Å². The van der Waals surface area contributed by atoms with Gasteiger partial charge in [0.05, 0.1) is 6.54 Å². The van der Waals surface area contributed by atoms with Crippen molar-refractivity contribution in [2.45, 2.75) is 0 Å². The summed E-state index contributed by atoms with van der Waals surface area (Å²) in [4.78, 5) is 10.7. The molecule has 0 aliphatic heterocycles. The first-order valence-electron chi connectivity index (χ1n) is 3.29. The SMILES string of the molecule is NCC(=O)Nc1cc[c]cc1. The van der Waals surface area contributed by atoms with Gasteiger partial charge in [-0.15, -0.1) is 0 Å². The Kier molecular flexibility index (Phi) is 2.63. The smallest absolute Gasteiger partial charge is 0.238 e. The molecule has 1 radical (unpaired) electrons. The zero-order valence-electron chi connectivity index (χ0n) is 6.00. The lowest BCUT2D eigenvalue weighted by Gasteiger charge is -2.00. The van der Waals surface area contributed by atoms with E-state index in [-0.39, 0.29) is 12.5 Å². The molecule has 0 spiro atoms. The molecule has 1 aromatic carbocycles. The number of benzene rings is 1. The van der Waals surface area contributed by atoms with Crippen LogP contribution in [0.15, 0.2) is 24.3 Å². The summed E-state index contributed by atoms with van der Waals surface area (Å²) in [6.07, 6.45) is 0. The van der Waals surface area contributed by atoms with Crippen LogP contribution in [0.5, 0.6) is 0 Å². The molecule has 1 aromatic rings. The van der Waals surface area contributed by atoms with Crippen LogP contribution in [0.4, 0.5) is 5.69 Å². The van der Waals surface area contributed by atoms with E-state index in [1.54, 1.807) is 24.3 Å². The molecule has 0 saturated heterocycles. The van der Waals surface area contributed by atoms with Crippen molar-refractivity contribution in [3.63, 3.8) is 0 Å². The number of carbonyl (C=O) groups excluding carboxylic acids is 1. The second kappa shape index (κ2) is 3.73. The number of carbonyl (C=O) groups is 1. The van der Waals surface area contributed by atoms with Crippen molar-refractivity contribution < 1.29 is 4.79 Å². The Morgan fingerprint density at radius 3 is 2.73 bits per heavy atom. The predicted molar refractivity (Wildman–Crippen MR) is 43.0 cm³/mol. The molecular weight excluding hydrogens is 140 g/mol. The molecule has 1 amide bonds. The van der Waals surface area contributed by atoms with Gasteiger partial charge in [0.2, 0.25) is 5.91 Å². The minimum absolute atomic E-state index is 0.0125. The molecule has 0 fully saturated rings. The van der Waals surface area contributed by atoms with Gasteiger partial charge in [-0.1, -0.05) is 12.1 Å². The first-order valence-corrected chi connectivity index (χ1v) is 3.29.